The molecule has 8 heteroatoms. The van der Waals surface area contributed by atoms with Crippen LogP contribution in [0.15, 0.2) is 24.3 Å². The number of ether oxygens (including phenoxy) is 1. The Balaban J connectivity index is 0.000000501. The third-order valence-corrected chi connectivity index (χ3v) is 5.86. The van der Waals surface area contributed by atoms with Crippen molar-refractivity contribution in [2.45, 2.75) is 46.1 Å². The van der Waals surface area contributed by atoms with E-state index in [4.69, 9.17) is 24.5 Å². The topological polar surface area (TPSA) is 107 Å². The number of rotatable bonds is 5. The predicted molar refractivity (Wildman–Crippen MR) is 116 cm³/mol. The number of piperidine rings is 2. The number of likely N-dealkylation sites (tertiary alicyclic amines) is 2. The van der Waals surface area contributed by atoms with E-state index in [-0.39, 0.29) is 5.92 Å². The van der Waals surface area contributed by atoms with Gasteiger partial charge in [-0.15, -0.1) is 0 Å². The second-order valence-corrected chi connectivity index (χ2v) is 8.25. The summed E-state index contributed by atoms with van der Waals surface area (Å²) >= 11 is 0. The van der Waals surface area contributed by atoms with E-state index in [1.807, 2.05) is 19.1 Å². The molecule has 0 unspecified atom stereocenters. The molecule has 2 N–H and O–H groups in total. The first-order chi connectivity index (χ1) is 14.8. The lowest BCUT2D eigenvalue weighted by atomic mass is 9.92. The molecule has 2 aliphatic heterocycles. The van der Waals surface area contributed by atoms with E-state index in [1.165, 1.54) is 18.4 Å². The normalized spacial score (nSPS) is 18.1. The molecule has 1 aromatic rings. The standard InChI is InChI=1S/C21H32N2O2.C2H2O4/c1-3-25-20-6-4-18(5-7-20)16-22-12-10-19(11-13-22)21(24)23-14-8-17(2)9-15-23;3-1(4)2(5)6/h4-7,17,19H,3,8-16H2,1-2H3;(H,3,4)(H,5,6). The monoisotopic (exact) mass is 434 g/mol. The van der Waals surface area contributed by atoms with E-state index < -0.39 is 11.9 Å². The molecule has 0 spiro atoms. The van der Waals surface area contributed by atoms with Crippen molar-refractivity contribution in [2.75, 3.05) is 32.8 Å². The maximum atomic E-state index is 12.7. The minimum atomic E-state index is -1.82. The molecule has 2 fully saturated rings. The van der Waals surface area contributed by atoms with Crippen molar-refractivity contribution in [1.82, 2.24) is 9.80 Å². The second kappa shape index (κ2) is 12.3. The molecule has 3 rings (SSSR count). The fourth-order valence-corrected chi connectivity index (χ4v) is 3.94. The Bertz CT molecular complexity index is 708. The number of amides is 1. The highest BCUT2D eigenvalue weighted by Gasteiger charge is 2.30. The van der Waals surface area contributed by atoms with Gasteiger partial charge in [0, 0.05) is 25.6 Å². The molecule has 0 aliphatic carbocycles. The van der Waals surface area contributed by atoms with Crippen molar-refractivity contribution < 1.29 is 29.3 Å². The Morgan fingerprint density at radius 2 is 1.48 bits per heavy atom. The molecule has 0 atom stereocenters. The zero-order valence-corrected chi connectivity index (χ0v) is 18.5. The molecule has 0 bridgehead atoms. The van der Waals surface area contributed by atoms with Gasteiger partial charge in [-0.05, 0) is 69.3 Å². The van der Waals surface area contributed by atoms with E-state index in [0.29, 0.717) is 12.5 Å². The molecular formula is C23H34N2O6. The van der Waals surface area contributed by atoms with Crippen LogP contribution in [0.4, 0.5) is 0 Å². The third-order valence-electron chi connectivity index (χ3n) is 5.86. The Hall–Kier alpha value is -2.61. The summed E-state index contributed by atoms with van der Waals surface area (Å²) in [6.45, 7) is 9.94. The lowest BCUT2D eigenvalue weighted by Crippen LogP contribution is -2.45. The highest BCUT2D eigenvalue weighted by molar-refractivity contribution is 6.27. The first kappa shape index (κ1) is 24.7. The molecule has 2 saturated heterocycles. The fourth-order valence-electron chi connectivity index (χ4n) is 3.94. The highest BCUT2D eigenvalue weighted by atomic mass is 16.5. The van der Waals surface area contributed by atoms with Crippen LogP contribution in [0.3, 0.4) is 0 Å². The van der Waals surface area contributed by atoms with Crippen LogP contribution in [0.5, 0.6) is 5.75 Å². The van der Waals surface area contributed by atoms with Crippen molar-refractivity contribution >= 4 is 17.8 Å². The minimum Gasteiger partial charge on any atom is -0.494 e. The van der Waals surface area contributed by atoms with Crippen molar-refractivity contribution in [2.24, 2.45) is 11.8 Å². The van der Waals surface area contributed by atoms with Crippen LogP contribution in [-0.2, 0) is 20.9 Å². The Morgan fingerprint density at radius 1 is 0.935 bits per heavy atom. The van der Waals surface area contributed by atoms with Crippen LogP contribution < -0.4 is 4.74 Å². The van der Waals surface area contributed by atoms with Crippen molar-refractivity contribution in [1.29, 1.82) is 0 Å². The quantitative estimate of drug-likeness (QED) is 0.686. The molecule has 31 heavy (non-hydrogen) atoms. The highest BCUT2D eigenvalue weighted by Crippen LogP contribution is 2.24. The van der Waals surface area contributed by atoms with Gasteiger partial charge in [0.1, 0.15) is 5.75 Å². The lowest BCUT2D eigenvalue weighted by molar-refractivity contribution is -0.159. The van der Waals surface area contributed by atoms with E-state index in [0.717, 1.165) is 57.2 Å². The van der Waals surface area contributed by atoms with Crippen molar-refractivity contribution in [3.05, 3.63) is 29.8 Å². The van der Waals surface area contributed by atoms with E-state index in [1.54, 1.807) is 0 Å². The zero-order chi connectivity index (χ0) is 22.8. The molecule has 0 radical (unpaired) electrons. The Morgan fingerprint density at radius 3 is 1.97 bits per heavy atom. The van der Waals surface area contributed by atoms with Crippen LogP contribution in [0.1, 0.15) is 45.1 Å². The van der Waals surface area contributed by atoms with Crippen LogP contribution in [0.2, 0.25) is 0 Å². The van der Waals surface area contributed by atoms with Gasteiger partial charge in [-0.3, -0.25) is 9.69 Å². The summed E-state index contributed by atoms with van der Waals surface area (Å²) in [5.41, 5.74) is 1.32. The molecule has 0 aromatic heterocycles. The molecule has 0 saturated carbocycles. The van der Waals surface area contributed by atoms with Gasteiger partial charge < -0.3 is 19.8 Å². The summed E-state index contributed by atoms with van der Waals surface area (Å²) in [5.74, 6) is -1.28. The average Bonchev–Trinajstić information content (AvgIpc) is 2.76. The van der Waals surface area contributed by atoms with Gasteiger partial charge in [-0.2, -0.15) is 0 Å². The number of nitrogens with zero attached hydrogens (tertiary/aromatic N) is 2. The smallest absolute Gasteiger partial charge is 0.414 e. The van der Waals surface area contributed by atoms with Gasteiger partial charge in [0.05, 0.1) is 6.61 Å². The SMILES string of the molecule is CCOc1ccc(CN2CCC(C(=O)N3CCC(C)CC3)CC2)cc1.O=C(O)C(=O)O. The summed E-state index contributed by atoms with van der Waals surface area (Å²) in [6.07, 6.45) is 4.34. The first-order valence-electron chi connectivity index (χ1n) is 11.0. The first-order valence-corrected chi connectivity index (χ1v) is 11.0. The fraction of sp³-hybridized carbons (Fsp3) is 0.609. The number of carbonyl (C=O) groups excluding carboxylic acids is 1. The maximum Gasteiger partial charge on any atom is 0.414 e. The van der Waals surface area contributed by atoms with Crippen LogP contribution >= 0.6 is 0 Å². The molecule has 172 valence electrons. The number of hydrogen-bond acceptors (Lipinski definition) is 5. The van der Waals surface area contributed by atoms with Gasteiger partial charge in [0.15, 0.2) is 0 Å². The van der Waals surface area contributed by atoms with Gasteiger partial charge in [-0.1, -0.05) is 19.1 Å². The number of carboxylic acid groups (broad SMARTS) is 2. The molecule has 1 amide bonds. The summed E-state index contributed by atoms with van der Waals surface area (Å²) < 4.78 is 5.50. The number of hydrogen-bond donors (Lipinski definition) is 2. The average molecular weight is 435 g/mol. The van der Waals surface area contributed by atoms with Gasteiger partial charge >= 0.3 is 11.9 Å². The molecular weight excluding hydrogens is 400 g/mol. The second-order valence-electron chi connectivity index (χ2n) is 8.25. The van der Waals surface area contributed by atoms with Crippen LogP contribution in [0, 0.1) is 11.8 Å². The molecule has 2 aliphatic rings. The lowest BCUT2D eigenvalue weighted by Gasteiger charge is -2.36. The van der Waals surface area contributed by atoms with E-state index in [2.05, 4.69) is 28.9 Å². The Kier molecular flexibility index (Phi) is 9.78. The Labute approximate surface area is 183 Å². The maximum absolute atomic E-state index is 12.7. The predicted octanol–water partition coefficient (Wildman–Crippen LogP) is 2.71. The van der Waals surface area contributed by atoms with Crippen LogP contribution in [-0.4, -0.2) is 70.6 Å². The van der Waals surface area contributed by atoms with Crippen LogP contribution in [0.25, 0.3) is 0 Å². The number of carboxylic acids is 2. The minimum absolute atomic E-state index is 0.241. The molecule has 2 heterocycles. The van der Waals surface area contributed by atoms with Gasteiger partial charge in [0.2, 0.25) is 5.91 Å². The van der Waals surface area contributed by atoms with Gasteiger partial charge in [0.25, 0.3) is 0 Å². The number of aliphatic carboxylic acids is 2. The number of benzene rings is 1. The molecule has 8 nitrogen and oxygen atoms in total. The van der Waals surface area contributed by atoms with E-state index >= 15 is 0 Å². The summed E-state index contributed by atoms with van der Waals surface area (Å²) in [5, 5.41) is 14.8. The van der Waals surface area contributed by atoms with Crippen molar-refractivity contribution in [3.63, 3.8) is 0 Å². The van der Waals surface area contributed by atoms with E-state index in [9.17, 15) is 4.79 Å². The zero-order valence-electron chi connectivity index (χ0n) is 18.5. The third kappa shape index (κ3) is 8.20. The van der Waals surface area contributed by atoms with Crippen molar-refractivity contribution in [3.8, 4) is 5.75 Å². The summed E-state index contributed by atoms with van der Waals surface area (Å²) in [6, 6.07) is 8.40. The number of carbonyl (C=O) groups is 3. The summed E-state index contributed by atoms with van der Waals surface area (Å²) in [4.78, 5) is 35.5. The summed E-state index contributed by atoms with van der Waals surface area (Å²) in [7, 11) is 0. The molecule has 1 aromatic carbocycles. The van der Waals surface area contributed by atoms with Gasteiger partial charge in [-0.25, -0.2) is 9.59 Å². The largest absolute Gasteiger partial charge is 0.494 e.